The molecule has 0 amide bonds. The zero-order valence-corrected chi connectivity index (χ0v) is 19.3. The molecular weight excluding hydrogens is 412 g/mol. The van der Waals surface area contributed by atoms with Crippen LogP contribution in [0.5, 0.6) is 0 Å². The van der Waals surface area contributed by atoms with Crippen molar-refractivity contribution >= 4 is 12.4 Å². The minimum atomic E-state index is -0.752. The number of fused-ring (bicyclic) bond motifs is 4. The number of carboxylic acid groups (broad SMARTS) is 1. The van der Waals surface area contributed by atoms with E-state index in [1.165, 1.54) is 0 Å². The molecule has 32 heavy (non-hydrogen) atoms. The average Bonchev–Trinajstić information content (AvgIpc) is 3.35. The lowest BCUT2D eigenvalue weighted by molar-refractivity contribution is -0.214. The lowest BCUT2D eigenvalue weighted by atomic mass is 9.44. The van der Waals surface area contributed by atoms with Gasteiger partial charge in [0.05, 0.1) is 12.2 Å². The van der Waals surface area contributed by atoms with E-state index < -0.39 is 11.6 Å². The number of carboxylic acids is 1. The quantitative estimate of drug-likeness (QED) is 0.598. The van der Waals surface area contributed by atoms with Crippen molar-refractivity contribution in [1.82, 2.24) is 0 Å². The van der Waals surface area contributed by atoms with Crippen LogP contribution in [0.1, 0.15) is 71.6 Å². The van der Waals surface area contributed by atoms with Crippen molar-refractivity contribution in [2.45, 2.75) is 95.5 Å². The van der Waals surface area contributed by atoms with Gasteiger partial charge in [0.2, 0.25) is 0 Å². The van der Waals surface area contributed by atoms with E-state index in [2.05, 4.69) is 13.8 Å². The molecule has 5 fully saturated rings. The third-order valence-electron chi connectivity index (χ3n) is 10.5. The van der Waals surface area contributed by atoms with Crippen LogP contribution in [0.15, 0.2) is 0 Å². The van der Waals surface area contributed by atoms with Crippen molar-refractivity contribution in [3.63, 3.8) is 0 Å². The number of aliphatic carboxylic acids is 1. The van der Waals surface area contributed by atoms with Gasteiger partial charge >= 0.3 is 5.97 Å². The Balaban J connectivity index is 1.49. The number of aliphatic hydroxyl groups excluding tert-OH is 1. The molecule has 0 bridgehead atoms. The summed E-state index contributed by atoms with van der Waals surface area (Å²) in [5, 5.41) is 19.6. The fraction of sp³-hybridized carbons (Fsp3) is 0.920. The molecule has 11 atom stereocenters. The Morgan fingerprint density at radius 2 is 2.03 bits per heavy atom. The average molecular weight is 451 g/mol. The van der Waals surface area contributed by atoms with Crippen LogP contribution in [0, 0.1) is 40.9 Å². The maximum absolute atomic E-state index is 11.5. The van der Waals surface area contributed by atoms with E-state index in [9.17, 15) is 19.8 Å². The van der Waals surface area contributed by atoms with E-state index in [1.54, 1.807) is 0 Å². The van der Waals surface area contributed by atoms with Gasteiger partial charge in [0, 0.05) is 12.3 Å². The van der Waals surface area contributed by atoms with Gasteiger partial charge in [0.25, 0.3) is 6.47 Å². The standard InChI is InChI=1S/C25H38O7/c1-14(3-6-22(28)29)17-4-5-18-23-19(11-21-25(17,18)32-13-31-21)24(2)8-7-16(27)9-15(24)10-20(23)30-12-26/h12,14-21,23,27H,3-11,13H2,1-2H3,(H,28,29)/t14-,15+,16-,17?,18+,19+,20-,21+,23+,24+,25?/m1/s1. The fourth-order valence-electron chi connectivity index (χ4n) is 9.05. The van der Waals surface area contributed by atoms with Crippen molar-refractivity contribution in [2.75, 3.05) is 6.79 Å². The van der Waals surface area contributed by atoms with Crippen molar-refractivity contribution in [3.05, 3.63) is 0 Å². The fourth-order valence-corrected chi connectivity index (χ4v) is 9.05. The predicted molar refractivity (Wildman–Crippen MR) is 114 cm³/mol. The molecule has 1 heterocycles. The number of ether oxygens (including phenoxy) is 3. The molecule has 1 saturated heterocycles. The van der Waals surface area contributed by atoms with Gasteiger partial charge in [0.15, 0.2) is 0 Å². The highest BCUT2D eigenvalue weighted by atomic mass is 16.7. The first kappa shape index (κ1) is 22.6. The molecule has 0 radical (unpaired) electrons. The number of rotatable bonds is 6. The monoisotopic (exact) mass is 450 g/mol. The normalized spacial score (nSPS) is 50.5. The Bertz CT molecular complexity index is 742. The Morgan fingerprint density at radius 1 is 1.22 bits per heavy atom. The second kappa shape index (κ2) is 8.24. The zero-order valence-electron chi connectivity index (χ0n) is 19.3. The molecule has 2 unspecified atom stereocenters. The molecule has 5 aliphatic rings. The SMILES string of the molecule is C[C@H](CCC(=O)O)C1CC[C@H]2[C@@H]3[C@H](OC=O)C[C@@H]4C[C@H](O)CC[C@]4(C)[C@H]3C[C@@H]3OCOC132. The van der Waals surface area contributed by atoms with E-state index in [1.807, 2.05) is 0 Å². The van der Waals surface area contributed by atoms with Gasteiger partial charge in [-0.05, 0) is 86.4 Å². The first-order valence-corrected chi connectivity index (χ1v) is 12.6. The number of hydrogen-bond donors (Lipinski definition) is 2. The third kappa shape index (κ3) is 3.25. The Hall–Kier alpha value is -1.18. The molecule has 1 spiro atoms. The number of carbonyl (C=O) groups is 2. The molecule has 5 rings (SSSR count). The summed E-state index contributed by atoms with van der Waals surface area (Å²) in [6.45, 7) is 5.45. The van der Waals surface area contributed by atoms with Crippen LogP contribution in [-0.4, -0.2) is 53.4 Å². The van der Waals surface area contributed by atoms with E-state index in [4.69, 9.17) is 14.2 Å². The minimum Gasteiger partial charge on any atom is -0.481 e. The smallest absolute Gasteiger partial charge is 0.303 e. The van der Waals surface area contributed by atoms with Crippen molar-refractivity contribution < 1.29 is 34.0 Å². The first-order valence-electron chi connectivity index (χ1n) is 12.6. The van der Waals surface area contributed by atoms with Crippen LogP contribution in [-0.2, 0) is 23.8 Å². The van der Waals surface area contributed by atoms with Gasteiger partial charge in [-0.3, -0.25) is 9.59 Å². The van der Waals surface area contributed by atoms with Gasteiger partial charge in [-0.15, -0.1) is 0 Å². The molecule has 0 aromatic heterocycles. The molecule has 1 aliphatic heterocycles. The second-order valence-corrected chi connectivity index (χ2v) is 11.5. The Labute approximate surface area is 190 Å². The highest BCUT2D eigenvalue weighted by Crippen LogP contribution is 2.68. The summed E-state index contributed by atoms with van der Waals surface area (Å²) >= 11 is 0. The van der Waals surface area contributed by atoms with Crippen LogP contribution in [0.2, 0.25) is 0 Å². The van der Waals surface area contributed by atoms with Gasteiger partial charge in [-0.2, -0.15) is 0 Å². The van der Waals surface area contributed by atoms with Crippen LogP contribution in [0.3, 0.4) is 0 Å². The minimum absolute atomic E-state index is 0.00725. The summed E-state index contributed by atoms with van der Waals surface area (Å²) in [6.07, 6.45) is 6.74. The number of carbonyl (C=O) groups excluding carboxylic acids is 1. The summed E-state index contributed by atoms with van der Waals surface area (Å²) in [4.78, 5) is 22.7. The molecule has 0 aromatic carbocycles. The summed E-state index contributed by atoms with van der Waals surface area (Å²) in [5.74, 6) is 0.940. The van der Waals surface area contributed by atoms with Crippen molar-refractivity contribution in [1.29, 1.82) is 0 Å². The Kier molecular flexibility index (Phi) is 5.82. The largest absolute Gasteiger partial charge is 0.481 e. The molecule has 4 saturated carbocycles. The molecule has 2 N–H and O–H groups in total. The van der Waals surface area contributed by atoms with Gasteiger partial charge in [-0.25, -0.2) is 0 Å². The van der Waals surface area contributed by atoms with Crippen LogP contribution in [0.4, 0.5) is 0 Å². The van der Waals surface area contributed by atoms with Crippen molar-refractivity contribution in [3.8, 4) is 0 Å². The van der Waals surface area contributed by atoms with Gasteiger partial charge in [-0.1, -0.05) is 13.8 Å². The van der Waals surface area contributed by atoms with E-state index in [0.29, 0.717) is 31.5 Å². The summed E-state index contributed by atoms with van der Waals surface area (Å²) in [6, 6.07) is 0. The van der Waals surface area contributed by atoms with Crippen LogP contribution < -0.4 is 0 Å². The highest BCUT2D eigenvalue weighted by Gasteiger charge is 2.70. The van der Waals surface area contributed by atoms with E-state index in [0.717, 1.165) is 44.9 Å². The molecule has 7 heteroatoms. The molecule has 180 valence electrons. The lowest BCUT2D eigenvalue weighted by Gasteiger charge is -2.62. The molecule has 4 aliphatic carbocycles. The third-order valence-corrected chi connectivity index (χ3v) is 10.5. The second-order valence-electron chi connectivity index (χ2n) is 11.5. The Morgan fingerprint density at radius 3 is 2.78 bits per heavy atom. The molecule has 0 aromatic rings. The zero-order chi connectivity index (χ0) is 22.7. The summed E-state index contributed by atoms with van der Waals surface area (Å²) in [5.41, 5.74) is -0.293. The number of hydrogen-bond acceptors (Lipinski definition) is 6. The van der Waals surface area contributed by atoms with Crippen LogP contribution >= 0.6 is 0 Å². The van der Waals surface area contributed by atoms with Gasteiger partial charge in [0.1, 0.15) is 18.5 Å². The van der Waals surface area contributed by atoms with E-state index in [-0.39, 0.29) is 53.8 Å². The summed E-state index contributed by atoms with van der Waals surface area (Å²) in [7, 11) is 0. The maximum Gasteiger partial charge on any atom is 0.303 e. The number of aliphatic hydroxyl groups is 1. The maximum atomic E-state index is 11.5. The summed E-state index contributed by atoms with van der Waals surface area (Å²) < 4.78 is 18.5. The van der Waals surface area contributed by atoms with Crippen LogP contribution in [0.25, 0.3) is 0 Å². The highest BCUT2D eigenvalue weighted by molar-refractivity contribution is 5.66. The lowest BCUT2D eigenvalue weighted by Crippen LogP contribution is -2.65. The van der Waals surface area contributed by atoms with Gasteiger partial charge < -0.3 is 24.4 Å². The first-order chi connectivity index (χ1) is 15.3. The predicted octanol–water partition coefficient (Wildman–Crippen LogP) is 3.37. The molecular formula is C25H38O7. The topological polar surface area (TPSA) is 102 Å². The van der Waals surface area contributed by atoms with E-state index >= 15 is 0 Å². The van der Waals surface area contributed by atoms with Crippen molar-refractivity contribution in [2.24, 2.45) is 40.9 Å². The molecule has 7 nitrogen and oxygen atoms in total.